The number of aliphatic hydroxyl groups excluding tert-OH is 1. The van der Waals surface area contributed by atoms with E-state index in [9.17, 15) is 5.11 Å². The van der Waals surface area contributed by atoms with Crippen LogP contribution >= 0.6 is 0 Å². The summed E-state index contributed by atoms with van der Waals surface area (Å²) >= 11 is 0. The molecule has 0 spiro atoms. The number of hydrogen-bond acceptors (Lipinski definition) is 2. The first-order chi connectivity index (χ1) is 5.31. The second-order valence-electron chi connectivity index (χ2n) is 2.99. The molecule has 2 heterocycles. The van der Waals surface area contributed by atoms with E-state index < -0.39 is 0 Å². The van der Waals surface area contributed by atoms with Crippen LogP contribution in [0.3, 0.4) is 0 Å². The predicted octanol–water partition coefficient (Wildman–Crippen LogP) is 0.362. The summed E-state index contributed by atoms with van der Waals surface area (Å²) in [6.07, 6.45) is 3.42. The normalized spacial score (nSPS) is 22.2. The SMILES string of the molecule is CCc1cnc2n1CC(O)C2. The maximum atomic E-state index is 9.30. The monoisotopic (exact) mass is 152 g/mol. The highest BCUT2D eigenvalue weighted by molar-refractivity contribution is 5.10. The van der Waals surface area contributed by atoms with E-state index in [1.54, 1.807) is 0 Å². The number of fused-ring (bicyclic) bond motifs is 1. The van der Waals surface area contributed by atoms with E-state index in [0.717, 1.165) is 25.2 Å². The first-order valence-electron chi connectivity index (χ1n) is 4.02. The van der Waals surface area contributed by atoms with Crippen molar-refractivity contribution in [3.8, 4) is 0 Å². The number of hydrogen-bond donors (Lipinski definition) is 1. The predicted molar refractivity (Wildman–Crippen MR) is 41.3 cm³/mol. The molecule has 1 N–H and O–H groups in total. The van der Waals surface area contributed by atoms with Gasteiger partial charge in [-0.3, -0.25) is 0 Å². The van der Waals surface area contributed by atoms with Crippen LogP contribution in [0.4, 0.5) is 0 Å². The Hall–Kier alpha value is -0.830. The third-order valence-corrected chi connectivity index (χ3v) is 2.19. The Kier molecular flexibility index (Phi) is 1.46. The molecule has 1 aromatic heterocycles. The summed E-state index contributed by atoms with van der Waals surface area (Å²) < 4.78 is 2.12. The van der Waals surface area contributed by atoms with Crippen molar-refractivity contribution in [1.82, 2.24) is 9.55 Å². The van der Waals surface area contributed by atoms with E-state index in [4.69, 9.17) is 0 Å². The molecule has 0 fully saturated rings. The van der Waals surface area contributed by atoms with Crippen LogP contribution < -0.4 is 0 Å². The highest BCUT2D eigenvalue weighted by Crippen LogP contribution is 2.16. The molecule has 1 atom stereocenters. The molecule has 60 valence electrons. The van der Waals surface area contributed by atoms with E-state index in [0.29, 0.717) is 0 Å². The van der Waals surface area contributed by atoms with E-state index in [-0.39, 0.29) is 6.10 Å². The molecule has 11 heavy (non-hydrogen) atoms. The quantitative estimate of drug-likeness (QED) is 0.631. The summed E-state index contributed by atoms with van der Waals surface area (Å²) in [7, 11) is 0. The number of aryl methyl sites for hydroxylation is 1. The maximum absolute atomic E-state index is 9.30. The van der Waals surface area contributed by atoms with Crippen molar-refractivity contribution >= 4 is 0 Å². The zero-order chi connectivity index (χ0) is 7.84. The van der Waals surface area contributed by atoms with Gasteiger partial charge in [0.25, 0.3) is 0 Å². The van der Waals surface area contributed by atoms with Gasteiger partial charge >= 0.3 is 0 Å². The second kappa shape index (κ2) is 2.34. The Morgan fingerprint density at radius 2 is 2.64 bits per heavy atom. The summed E-state index contributed by atoms with van der Waals surface area (Å²) in [5, 5.41) is 9.30. The number of nitrogens with zero attached hydrogens (tertiary/aromatic N) is 2. The summed E-state index contributed by atoms with van der Waals surface area (Å²) in [6, 6.07) is 0. The molecule has 0 aliphatic carbocycles. The van der Waals surface area contributed by atoms with Crippen LogP contribution in [-0.2, 0) is 19.4 Å². The van der Waals surface area contributed by atoms with E-state index in [1.165, 1.54) is 5.69 Å². The number of aliphatic hydroxyl groups is 1. The van der Waals surface area contributed by atoms with Gasteiger partial charge in [0.15, 0.2) is 0 Å². The molecule has 3 nitrogen and oxygen atoms in total. The molecular weight excluding hydrogens is 140 g/mol. The number of aromatic nitrogens is 2. The van der Waals surface area contributed by atoms with Crippen molar-refractivity contribution in [2.75, 3.05) is 0 Å². The molecule has 0 saturated heterocycles. The average Bonchev–Trinajstić information content (AvgIpc) is 2.45. The van der Waals surface area contributed by atoms with Crippen molar-refractivity contribution in [1.29, 1.82) is 0 Å². The van der Waals surface area contributed by atoms with Crippen LogP contribution in [0.15, 0.2) is 6.20 Å². The lowest BCUT2D eigenvalue weighted by Gasteiger charge is -2.01. The van der Waals surface area contributed by atoms with Gasteiger partial charge < -0.3 is 9.67 Å². The summed E-state index contributed by atoms with van der Waals surface area (Å²) in [4.78, 5) is 4.22. The fraction of sp³-hybridized carbons (Fsp3) is 0.625. The lowest BCUT2D eigenvalue weighted by Crippen LogP contribution is -2.08. The molecule has 1 aliphatic rings. The molecule has 2 rings (SSSR count). The lowest BCUT2D eigenvalue weighted by atomic mass is 10.3. The summed E-state index contributed by atoms with van der Waals surface area (Å²) in [5.74, 6) is 1.04. The Labute approximate surface area is 65.7 Å². The first-order valence-corrected chi connectivity index (χ1v) is 4.02. The number of imidazole rings is 1. The minimum Gasteiger partial charge on any atom is -0.391 e. The lowest BCUT2D eigenvalue weighted by molar-refractivity contribution is 0.174. The maximum Gasteiger partial charge on any atom is 0.111 e. The molecular formula is C8H12N2O. The van der Waals surface area contributed by atoms with Crippen LogP contribution in [0, 0.1) is 0 Å². The van der Waals surface area contributed by atoms with Crippen LogP contribution in [-0.4, -0.2) is 20.8 Å². The van der Waals surface area contributed by atoms with Crippen LogP contribution in [0.1, 0.15) is 18.4 Å². The molecule has 0 radical (unpaired) electrons. The smallest absolute Gasteiger partial charge is 0.111 e. The zero-order valence-electron chi connectivity index (χ0n) is 6.62. The molecule has 3 heteroatoms. The van der Waals surface area contributed by atoms with Gasteiger partial charge in [0.2, 0.25) is 0 Å². The molecule has 1 aliphatic heterocycles. The molecule has 0 amide bonds. The summed E-state index contributed by atoms with van der Waals surface area (Å²) in [6.45, 7) is 2.84. The van der Waals surface area contributed by atoms with Crippen LogP contribution in [0.5, 0.6) is 0 Å². The fourth-order valence-electron chi connectivity index (χ4n) is 1.61. The highest BCUT2D eigenvalue weighted by atomic mass is 16.3. The number of rotatable bonds is 1. The average molecular weight is 152 g/mol. The minimum atomic E-state index is -0.205. The Morgan fingerprint density at radius 1 is 1.82 bits per heavy atom. The third-order valence-electron chi connectivity index (χ3n) is 2.19. The van der Waals surface area contributed by atoms with E-state index in [2.05, 4.69) is 16.5 Å². The van der Waals surface area contributed by atoms with Crippen molar-refractivity contribution < 1.29 is 5.11 Å². The van der Waals surface area contributed by atoms with Gasteiger partial charge in [0.1, 0.15) is 5.82 Å². The largest absolute Gasteiger partial charge is 0.391 e. The van der Waals surface area contributed by atoms with E-state index >= 15 is 0 Å². The van der Waals surface area contributed by atoms with E-state index in [1.807, 2.05) is 6.20 Å². The van der Waals surface area contributed by atoms with Gasteiger partial charge in [-0.05, 0) is 6.42 Å². The zero-order valence-corrected chi connectivity index (χ0v) is 6.62. The second-order valence-corrected chi connectivity index (χ2v) is 2.99. The Bertz CT molecular complexity index is 267. The standard InChI is InChI=1S/C8H12N2O/c1-2-6-4-9-8-3-7(11)5-10(6)8/h4,7,11H,2-3,5H2,1H3. The molecule has 1 aromatic rings. The Balaban J connectivity index is 2.37. The fourth-order valence-corrected chi connectivity index (χ4v) is 1.61. The van der Waals surface area contributed by atoms with Crippen LogP contribution in [0.25, 0.3) is 0 Å². The molecule has 0 saturated carbocycles. The minimum absolute atomic E-state index is 0.205. The van der Waals surface area contributed by atoms with Crippen molar-refractivity contribution in [2.24, 2.45) is 0 Å². The van der Waals surface area contributed by atoms with Gasteiger partial charge in [0.05, 0.1) is 12.6 Å². The molecule has 0 bridgehead atoms. The van der Waals surface area contributed by atoms with Crippen LogP contribution in [0.2, 0.25) is 0 Å². The van der Waals surface area contributed by atoms with Gasteiger partial charge in [-0.2, -0.15) is 0 Å². The third kappa shape index (κ3) is 0.959. The van der Waals surface area contributed by atoms with Crippen molar-refractivity contribution in [3.05, 3.63) is 17.7 Å². The highest BCUT2D eigenvalue weighted by Gasteiger charge is 2.21. The van der Waals surface area contributed by atoms with Gasteiger partial charge in [0, 0.05) is 18.3 Å². The van der Waals surface area contributed by atoms with Gasteiger partial charge in [-0.15, -0.1) is 0 Å². The topological polar surface area (TPSA) is 38.0 Å². The first kappa shape index (κ1) is 6.85. The molecule has 1 unspecified atom stereocenters. The molecule has 0 aromatic carbocycles. The van der Waals surface area contributed by atoms with Gasteiger partial charge in [-0.25, -0.2) is 4.98 Å². The Morgan fingerprint density at radius 3 is 3.36 bits per heavy atom. The van der Waals surface area contributed by atoms with Crippen molar-refractivity contribution in [2.45, 2.75) is 32.4 Å². The van der Waals surface area contributed by atoms with Gasteiger partial charge in [-0.1, -0.05) is 6.92 Å². The summed E-state index contributed by atoms with van der Waals surface area (Å²) in [5.41, 5.74) is 1.23. The van der Waals surface area contributed by atoms with Crippen molar-refractivity contribution in [3.63, 3.8) is 0 Å².